The second-order valence-corrected chi connectivity index (χ2v) is 13.4. The topological polar surface area (TPSA) is 107 Å². The van der Waals surface area contributed by atoms with Crippen LogP contribution in [0.5, 0.6) is 0 Å². The highest BCUT2D eigenvalue weighted by Gasteiger charge is 2.28. The molecule has 3 aliphatic heterocycles. The molecule has 0 saturated carbocycles. The summed E-state index contributed by atoms with van der Waals surface area (Å²) in [4.78, 5) is 33.2. The van der Waals surface area contributed by atoms with E-state index in [4.69, 9.17) is 19.3 Å². The van der Waals surface area contributed by atoms with Gasteiger partial charge in [-0.3, -0.25) is 4.79 Å². The summed E-state index contributed by atoms with van der Waals surface area (Å²) in [6.07, 6.45) is 2.79. The lowest BCUT2D eigenvalue weighted by Crippen LogP contribution is -2.45. The van der Waals surface area contributed by atoms with Crippen molar-refractivity contribution >= 4 is 28.9 Å². The molecule has 0 aromatic heterocycles. The summed E-state index contributed by atoms with van der Waals surface area (Å²) in [5, 5.41) is 12.1. The summed E-state index contributed by atoms with van der Waals surface area (Å²) in [5.74, 6) is -0.871. The van der Waals surface area contributed by atoms with Gasteiger partial charge in [-0.15, -0.1) is 0 Å². The largest absolute Gasteiger partial charge is 0.478 e. The van der Waals surface area contributed by atoms with Crippen molar-refractivity contribution in [1.82, 2.24) is 10.2 Å². The standard InChI is InChI=1S/C28H38N4O3.C11H13NO3/c1-30-11-13-32(14-12-30)27-10-5-22(20-34-2)25-9-6-23(19-26(25)27)29-28(33)21-3-7-24(8-4-21)31-15-17-35-18-16-31;13-11(14)9-1-3-10(4-2-9)12-5-7-15-8-6-12/h3-5,7-8,10,23H,6,9,11-20H2,1-2H3,(H,29,33);1-4H,5-8H2,(H,13,14)/t23-;/m1./s1. The molecule has 268 valence electrons. The Bertz CT molecular complexity index is 1560. The number of carbonyl (C=O) groups is 2. The smallest absolute Gasteiger partial charge is 0.335 e. The summed E-state index contributed by atoms with van der Waals surface area (Å²) < 4.78 is 16.2. The molecule has 3 aromatic rings. The van der Waals surface area contributed by atoms with E-state index >= 15 is 0 Å². The van der Waals surface area contributed by atoms with E-state index in [1.165, 1.54) is 22.4 Å². The molecule has 0 radical (unpaired) electrons. The molecule has 1 aliphatic carbocycles. The number of nitrogens with one attached hydrogen (secondary N) is 1. The number of carboxylic acid groups (broad SMARTS) is 1. The number of likely N-dealkylation sites (N-methyl/N-ethyl adjacent to an activating group) is 1. The van der Waals surface area contributed by atoms with E-state index in [1.54, 1.807) is 19.2 Å². The van der Waals surface area contributed by atoms with Gasteiger partial charge in [-0.25, -0.2) is 4.79 Å². The summed E-state index contributed by atoms with van der Waals surface area (Å²) in [7, 11) is 3.95. The number of nitrogens with zero attached hydrogens (tertiary/aromatic N) is 4. The first-order chi connectivity index (χ1) is 24.4. The highest BCUT2D eigenvalue weighted by atomic mass is 16.5. The van der Waals surface area contributed by atoms with Crippen molar-refractivity contribution in [3.63, 3.8) is 0 Å². The number of anilines is 3. The van der Waals surface area contributed by atoms with Crippen LogP contribution in [0.4, 0.5) is 17.1 Å². The quantitative estimate of drug-likeness (QED) is 0.363. The number of ether oxygens (including phenoxy) is 3. The van der Waals surface area contributed by atoms with E-state index < -0.39 is 5.97 Å². The number of piperazine rings is 1. The lowest BCUT2D eigenvalue weighted by molar-refractivity contribution is 0.0696. The predicted molar refractivity (Wildman–Crippen MR) is 196 cm³/mol. The summed E-state index contributed by atoms with van der Waals surface area (Å²) in [6.45, 7) is 11.4. The van der Waals surface area contributed by atoms with Crippen molar-refractivity contribution in [2.45, 2.75) is 31.9 Å². The van der Waals surface area contributed by atoms with Crippen molar-refractivity contribution in [3.05, 3.63) is 88.5 Å². The van der Waals surface area contributed by atoms with E-state index in [0.717, 1.165) is 115 Å². The first-order valence-corrected chi connectivity index (χ1v) is 17.9. The second-order valence-electron chi connectivity index (χ2n) is 13.4. The van der Waals surface area contributed by atoms with E-state index in [0.29, 0.717) is 12.2 Å². The summed E-state index contributed by atoms with van der Waals surface area (Å²) in [6, 6.07) is 19.6. The Balaban J connectivity index is 0.000000240. The molecule has 3 fully saturated rings. The van der Waals surface area contributed by atoms with Gasteiger partial charge in [-0.2, -0.15) is 0 Å². The molecule has 2 N–H and O–H groups in total. The number of benzene rings is 3. The van der Waals surface area contributed by atoms with Gasteiger partial charge < -0.3 is 44.2 Å². The lowest BCUT2D eigenvalue weighted by atomic mass is 9.83. The molecule has 11 heteroatoms. The molecule has 3 aromatic carbocycles. The van der Waals surface area contributed by atoms with Gasteiger partial charge in [0.2, 0.25) is 0 Å². The molecule has 3 heterocycles. The number of amides is 1. The van der Waals surface area contributed by atoms with E-state index in [-0.39, 0.29) is 11.9 Å². The maximum Gasteiger partial charge on any atom is 0.335 e. The number of hydrogen-bond donors (Lipinski definition) is 2. The Kier molecular flexibility index (Phi) is 12.2. The van der Waals surface area contributed by atoms with Gasteiger partial charge in [0.05, 0.1) is 38.6 Å². The fourth-order valence-corrected chi connectivity index (χ4v) is 7.24. The van der Waals surface area contributed by atoms with E-state index in [2.05, 4.69) is 56.2 Å². The number of carbonyl (C=O) groups excluding carboxylic acids is 1. The van der Waals surface area contributed by atoms with Gasteiger partial charge in [0.25, 0.3) is 5.91 Å². The van der Waals surface area contributed by atoms with E-state index in [9.17, 15) is 9.59 Å². The highest BCUT2D eigenvalue weighted by Crippen LogP contribution is 2.34. The molecule has 50 heavy (non-hydrogen) atoms. The lowest BCUT2D eigenvalue weighted by Gasteiger charge is -2.38. The average molecular weight is 686 g/mol. The Morgan fingerprint density at radius 1 is 0.740 bits per heavy atom. The van der Waals surface area contributed by atoms with Crippen LogP contribution in [-0.4, -0.2) is 121 Å². The zero-order valence-corrected chi connectivity index (χ0v) is 29.4. The third kappa shape index (κ3) is 8.95. The zero-order valence-electron chi connectivity index (χ0n) is 29.4. The van der Waals surface area contributed by atoms with Crippen molar-refractivity contribution in [1.29, 1.82) is 0 Å². The molecule has 7 rings (SSSR count). The molecule has 11 nitrogen and oxygen atoms in total. The van der Waals surface area contributed by atoms with Gasteiger partial charge in [0.1, 0.15) is 0 Å². The Morgan fingerprint density at radius 3 is 1.84 bits per heavy atom. The Labute approximate surface area is 295 Å². The van der Waals surface area contributed by atoms with Gasteiger partial charge in [0.15, 0.2) is 0 Å². The van der Waals surface area contributed by atoms with Crippen LogP contribution in [0.2, 0.25) is 0 Å². The van der Waals surface area contributed by atoms with Gasteiger partial charge in [0, 0.05) is 88.1 Å². The molecular formula is C39H51N5O6. The molecule has 1 amide bonds. The minimum absolute atomic E-state index is 0.0150. The van der Waals surface area contributed by atoms with Crippen molar-refractivity contribution in [2.24, 2.45) is 0 Å². The molecule has 3 saturated heterocycles. The first kappa shape index (κ1) is 35.7. The van der Waals surface area contributed by atoms with Crippen LogP contribution in [0.15, 0.2) is 60.7 Å². The normalized spacial score (nSPS) is 19.6. The number of rotatable bonds is 8. The molecule has 0 spiro atoms. The van der Waals surface area contributed by atoms with Crippen molar-refractivity contribution in [2.75, 3.05) is 108 Å². The highest BCUT2D eigenvalue weighted by molar-refractivity contribution is 5.94. The van der Waals surface area contributed by atoms with Gasteiger partial charge >= 0.3 is 5.97 Å². The number of morpholine rings is 2. The SMILES string of the molecule is COCc1ccc(N2CCN(C)CC2)c2c1CC[C@@H](NC(=O)c1ccc(N3CCOCC3)cc1)C2.O=C(O)c1ccc(N2CCOCC2)cc1. The van der Waals surface area contributed by atoms with Crippen LogP contribution in [-0.2, 0) is 33.7 Å². The molecule has 0 unspecified atom stereocenters. The molecular weight excluding hydrogens is 634 g/mol. The number of aromatic carboxylic acids is 1. The van der Waals surface area contributed by atoms with Crippen LogP contribution in [0.25, 0.3) is 0 Å². The first-order valence-electron chi connectivity index (χ1n) is 17.9. The van der Waals surface area contributed by atoms with Gasteiger partial charge in [-0.1, -0.05) is 6.07 Å². The monoisotopic (exact) mass is 685 g/mol. The number of methoxy groups -OCH3 is 1. The second kappa shape index (κ2) is 17.2. The number of carboxylic acids is 1. The fourth-order valence-electron chi connectivity index (χ4n) is 7.24. The fraction of sp³-hybridized carbons (Fsp3) is 0.487. The van der Waals surface area contributed by atoms with Crippen LogP contribution in [0.3, 0.4) is 0 Å². The van der Waals surface area contributed by atoms with Crippen LogP contribution in [0, 0.1) is 0 Å². The summed E-state index contributed by atoms with van der Waals surface area (Å²) >= 11 is 0. The van der Waals surface area contributed by atoms with Crippen molar-refractivity contribution < 1.29 is 28.9 Å². The Hall–Kier alpha value is -4.16. The third-order valence-corrected chi connectivity index (χ3v) is 10.2. The number of hydrogen-bond acceptors (Lipinski definition) is 9. The molecule has 1 atom stereocenters. The maximum absolute atomic E-state index is 13.1. The number of fused-ring (bicyclic) bond motifs is 1. The average Bonchev–Trinajstić information content (AvgIpc) is 3.16. The molecule has 0 bridgehead atoms. The zero-order chi connectivity index (χ0) is 34.9. The minimum Gasteiger partial charge on any atom is -0.478 e. The van der Waals surface area contributed by atoms with Gasteiger partial charge in [-0.05, 0) is 97.6 Å². The van der Waals surface area contributed by atoms with Crippen molar-refractivity contribution in [3.8, 4) is 0 Å². The predicted octanol–water partition coefficient (Wildman–Crippen LogP) is 3.93. The molecule has 4 aliphatic rings. The minimum atomic E-state index is -0.886. The van der Waals surface area contributed by atoms with Crippen LogP contribution in [0.1, 0.15) is 43.8 Å². The van der Waals surface area contributed by atoms with E-state index in [1.807, 2.05) is 24.3 Å². The van der Waals surface area contributed by atoms with Crippen LogP contribution < -0.4 is 20.0 Å². The summed E-state index contributed by atoms with van der Waals surface area (Å²) in [5.41, 5.74) is 8.69. The third-order valence-electron chi connectivity index (χ3n) is 10.2. The Morgan fingerprint density at radius 2 is 1.30 bits per heavy atom. The van der Waals surface area contributed by atoms with Crippen LogP contribution >= 0.6 is 0 Å². The maximum atomic E-state index is 13.1.